The van der Waals surface area contributed by atoms with E-state index in [1.54, 1.807) is 48.8 Å². The second kappa shape index (κ2) is 7.37. The van der Waals surface area contributed by atoms with Gasteiger partial charge in [-0.3, -0.25) is 4.98 Å². The number of hydrogen-bond acceptors (Lipinski definition) is 4. The van der Waals surface area contributed by atoms with Crippen molar-refractivity contribution in [2.24, 2.45) is 0 Å². The molecule has 0 aliphatic heterocycles. The number of phenolic OH excluding ortho intramolecular Hbond substituents is 1. The molecule has 25 heavy (non-hydrogen) atoms. The third kappa shape index (κ3) is 3.98. The van der Waals surface area contributed by atoms with Crippen molar-refractivity contribution < 1.29 is 15.3 Å². The Hall–Kier alpha value is -2.84. The maximum atomic E-state index is 9.83. The smallest absolute Gasteiger partial charge is 0.179 e. The molecule has 1 aromatic heterocycles. The molecule has 0 saturated carbocycles. The van der Waals surface area contributed by atoms with Crippen LogP contribution in [0, 0.1) is 11.8 Å². The van der Waals surface area contributed by atoms with Crippen molar-refractivity contribution in [1.29, 1.82) is 0 Å². The van der Waals surface area contributed by atoms with Gasteiger partial charge in [-0.05, 0) is 42.0 Å². The summed E-state index contributed by atoms with van der Waals surface area (Å²) in [6.45, 7) is 0. The van der Waals surface area contributed by atoms with Crippen LogP contribution in [0.3, 0.4) is 0 Å². The van der Waals surface area contributed by atoms with Gasteiger partial charge in [-0.2, -0.15) is 0 Å². The molecule has 124 valence electrons. The first-order chi connectivity index (χ1) is 12.0. The number of nitrogens with zero attached hydrogens (tertiary/aromatic N) is 1. The Balaban J connectivity index is 2.20. The van der Waals surface area contributed by atoms with Crippen molar-refractivity contribution in [3.05, 3.63) is 82.6 Å². The fourth-order valence-corrected chi connectivity index (χ4v) is 2.73. The van der Waals surface area contributed by atoms with E-state index in [-0.39, 0.29) is 11.3 Å². The molecule has 0 unspecified atom stereocenters. The van der Waals surface area contributed by atoms with Crippen LogP contribution >= 0.6 is 11.6 Å². The quantitative estimate of drug-likeness (QED) is 0.488. The van der Waals surface area contributed by atoms with Gasteiger partial charge in [-0.25, -0.2) is 0 Å². The summed E-state index contributed by atoms with van der Waals surface area (Å²) >= 11 is 6.03. The van der Waals surface area contributed by atoms with Gasteiger partial charge in [0.15, 0.2) is 6.29 Å². The van der Waals surface area contributed by atoms with Gasteiger partial charge in [-0.15, -0.1) is 0 Å². The minimum absolute atomic E-state index is 0.0159. The molecule has 5 heteroatoms. The molecule has 0 radical (unpaired) electrons. The van der Waals surface area contributed by atoms with E-state index in [0.29, 0.717) is 21.7 Å². The van der Waals surface area contributed by atoms with Crippen molar-refractivity contribution >= 4 is 11.6 Å². The predicted octanol–water partition coefficient (Wildman–Crippen LogP) is 3.49. The van der Waals surface area contributed by atoms with Crippen LogP contribution in [0.2, 0.25) is 5.02 Å². The zero-order chi connectivity index (χ0) is 17.8. The molecule has 4 nitrogen and oxygen atoms in total. The fraction of sp³-hybridized carbons (Fsp3) is 0.0500. The number of aromatic hydroxyl groups is 1. The molecule has 3 aromatic rings. The van der Waals surface area contributed by atoms with Crippen molar-refractivity contribution in [3.63, 3.8) is 0 Å². The van der Waals surface area contributed by atoms with E-state index in [0.717, 1.165) is 5.56 Å². The van der Waals surface area contributed by atoms with Gasteiger partial charge in [0.05, 0.1) is 0 Å². The fourth-order valence-electron chi connectivity index (χ4n) is 2.50. The van der Waals surface area contributed by atoms with Crippen LogP contribution in [0.1, 0.15) is 23.0 Å². The van der Waals surface area contributed by atoms with Gasteiger partial charge in [0.1, 0.15) is 5.75 Å². The Labute approximate surface area is 150 Å². The molecule has 2 aromatic carbocycles. The Morgan fingerprint density at radius 3 is 2.40 bits per heavy atom. The summed E-state index contributed by atoms with van der Waals surface area (Å²) in [6, 6.07) is 13.2. The topological polar surface area (TPSA) is 73.6 Å². The van der Waals surface area contributed by atoms with Crippen LogP contribution in [0.15, 0.2) is 60.9 Å². The normalized spacial score (nSPS) is 10.4. The molecule has 0 saturated heterocycles. The number of aliphatic hydroxyl groups excluding tert-OH is 1. The molecule has 3 N–H and O–H groups in total. The molecular weight excluding hydrogens is 338 g/mol. The summed E-state index contributed by atoms with van der Waals surface area (Å²) in [4.78, 5) is 3.95. The second-order valence-corrected chi connectivity index (χ2v) is 5.76. The van der Waals surface area contributed by atoms with Crippen molar-refractivity contribution in [2.75, 3.05) is 0 Å². The van der Waals surface area contributed by atoms with Gasteiger partial charge in [-0.1, -0.05) is 35.6 Å². The summed E-state index contributed by atoms with van der Waals surface area (Å²) in [5.41, 5.74) is 2.71. The average molecular weight is 352 g/mol. The van der Waals surface area contributed by atoms with E-state index in [1.807, 2.05) is 0 Å². The summed E-state index contributed by atoms with van der Waals surface area (Å²) in [6.07, 6.45) is 1.61. The van der Waals surface area contributed by atoms with Crippen molar-refractivity contribution in [3.8, 4) is 28.7 Å². The first-order valence-electron chi connectivity index (χ1n) is 7.45. The third-order valence-corrected chi connectivity index (χ3v) is 3.79. The van der Waals surface area contributed by atoms with E-state index < -0.39 is 6.29 Å². The van der Waals surface area contributed by atoms with Crippen LogP contribution in [0.25, 0.3) is 11.1 Å². The number of rotatable bonds is 2. The van der Waals surface area contributed by atoms with E-state index in [9.17, 15) is 15.3 Å². The maximum absolute atomic E-state index is 9.83. The zero-order valence-electron chi connectivity index (χ0n) is 13.0. The number of pyridine rings is 1. The Bertz CT molecular complexity index is 939. The Kier molecular flexibility index (Phi) is 5.01. The molecule has 0 spiro atoms. The number of hydrogen-bond donors (Lipinski definition) is 3. The highest BCUT2D eigenvalue weighted by Crippen LogP contribution is 2.34. The van der Waals surface area contributed by atoms with Crippen LogP contribution in [0.5, 0.6) is 5.75 Å². The molecule has 1 heterocycles. The van der Waals surface area contributed by atoms with Crippen molar-refractivity contribution in [1.82, 2.24) is 4.98 Å². The minimum atomic E-state index is -1.68. The number of halogens is 1. The SMILES string of the molecule is Oc1cc(Cl)cc(-c2c(C#Cc3ccncc3)cccc2C(O)O)c1. The summed E-state index contributed by atoms with van der Waals surface area (Å²) < 4.78 is 0. The van der Waals surface area contributed by atoms with E-state index in [4.69, 9.17) is 11.6 Å². The first kappa shape index (κ1) is 17.0. The lowest BCUT2D eigenvalue weighted by Gasteiger charge is -2.14. The Morgan fingerprint density at radius 1 is 0.960 bits per heavy atom. The highest BCUT2D eigenvalue weighted by atomic mass is 35.5. The standard InChI is InChI=1S/C20H14ClNO3/c21-16-10-15(11-17(23)12-16)19-14(2-1-3-18(19)20(24)25)5-4-13-6-8-22-9-7-13/h1-3,6-12,20,23-25H. The number of phenols is 1. The second-order valence-electron chi connectivity index (χ2n) is 5.33. The molecule has 0 atom stereocenters. The number of aromatic nitrogens is 1. The van der Waals surface area contributed by atoms with Crippen LogP contribution < -0.4 is 0 Å². The Morgan fingerprint density at radius 2 is 1.72 bits per heavy atom. The van der Waals surface area contributed by atoms with Gasteiger partial charge in [0, 0.05) is 39.7 Å². The lowest BCUT2D eigenvalue weighted by atomic mass is 9.93. The number of benzene rings is 2. The summed E-state index contributed by atoms with van der Waals surface area (Å²) in [5.74, 6) is 6.04. The van der Waals surface area contributed by atoms with Gasteiger partial charge < -0.3 is 15.3 Å². The van der Waals surface area contributed by atoms with Crippen LogP contribution in [-0.2, 0) is 0 Å². The molecule has 0 aliphatic rings. The van der Waals surface area contributed by atoms with Gasteiger partial charge in [0.25, 0.3) is 0 Å². The van der Waals surface area contributed by atoms with Gasteiger partial charge >= 0.3 is 0 Å². The zero-order valence-corrected chi connectivity index (χ0v) is 13.8. The summed E-state index contributed by atoms with van der Waals surface area (Å²) in [5, 5.41) is 29.6. The first-order valence-corrected chi connectivity index (χ1v) is 7.83. The monoisotopic (exact) mass is 351 g/mol. The van der Waals surface area contributed by atoms with E-state index >= 15 is 0 Å². The predicted molar refractivity (Wildman–Crippen MR) is 95.9 cm³/mol. The lowest BCUT2D eigenvalue weighted by molar-refractivity contribution is -0.0420. The largest absolute Gasteiger partial charge is 0.508 e. The highest BCUT2D eigenvalue weighted by molar-refractivity contribution is 6.31. The molecule has 0 fully saturated rings. The molecule has 0 bridgehead atoms. The minimum Gasteiger partial charge on any atom is -0.508 e. The van der Waals surface area contributed by atoms with E-state index in [1.165, 1.54) is 12.1 Å². The summed E-state index contributed by atoms with van der Waals surface area (Å²) in [7, 11) is 0. The third-order valence-electron chi connectivity index (χ3n) is 3.57. The maximum Gasteiger partial charge on any atom is 0.179 e. The molecule has 0 aliphatic carbocycles. The van der Waals surface area contributed by atoms with Crippen LogP contribution in [0.4, 0.5) is 0 Å². The average Bonchev–Trinajstić information content (AvgIpc) is 2.59. The lowest BCUT2D eigenvalue weighted by Crippen LogP contribution is -2.00. The van der Waals surface area contributed by atoms with Gasteiger partial charge in [0.2, 0.25) is 0 Å². The molecular formula is C20H14ClNO3. The van der Waals surface area contributed by atoms with Crippen LogP contribution in [-0.4, -0.2) is 20.3 Å². The molecule has 0 amide bonds. The molecule has 3 rings (SSSR count). The van der Waals surface area contributed by atoms with Crippen molar-refractivity contribution in [2.45, 2.75) is 6.29 Å². The number of aliphatic hydroxyl groups is 2. The van der Waals surface area contributed by atoms with E-state index in [2.05, 4.69) is 16.8 Å². The highest BCUT2D eigenvalue weighted by Gasteiger charge is 2.15.